The molecular weight excluding hydrogens is 162 g/mol. The minimum atomic E-state index is 0.355. The van der Waals surface area contributed by atoms with Crippen molar-refractivity contribution in [2.24, 2.45) is 5.92 Å². The second-order valence-electron chi connectivity index (χ2n) is 4.31. The zero-order chi connectivity index (χ0) is 9.68. The Bertz CT molecular complexity index is 138. The summed E-state index contributed by atoms with van der Waals surface area (Å²) in [4.78, 5) is 0. The van der Waals surface area contributed by atoms with Gasteiger partial charge in [-0.25, -0.2) is 0 Å². The van der Waals surface area contributed by atoms with E-state index in [2.05, 4.69) is 19.2 Å². The molecule has 0 spiro atoms. The molecule has 0 radical (unpaired) electrons. The summed E-state index contributed by atoms with van der Waals surface area (Å²) >= 11 is 0. The van der Waals surface area contributed by atoms with Gasteiger partial charge in [0, 0.05) is 18.7 Å². The molecule has 78 valence electrons. The largest absolute Gasteiger partial charge is 0.396 e. The third kappa shape index (κ3) is 3.28. The van der Waals surface area contributed by atoms with Crippen LogP contribution in [0.5, 0.6) is 0 Å². The van der Waals surface area contributed by atoms with Crippen molar-refractivity contribution in [3.8, 4) is 0 Å². The van der Waals surface area contributed by atoms with E-state index in [1.54, 1.807) is 0 Å². The lowest BCUT2D eigenvalue weighted by atomic mass is 9.84. The predicted octanol–water partition coefficient (Wildman–Crippen LogP) is 1.93. The van der Waals surface area contributed by atoms with Crippen LogP contribution >= 0.6 is 0 Å². The van der Waals surface area contributed by atoms with Crippen LogP contribution in [0.3, 0.4) is 0 Å². The van der Waals surface area contributed by atoms with Crippen LogP contribution in [0.1, 0.15) is 46.0 Å². The summed E-state index contributed by atoms with van der Waals surface area (Å²) in [7, 11) is 0. The van der Waals surface area contributed by atoms with Crippen LogP contribution in [0.4, 0.5) is 0 Å². The van der Waals surface area contributed by atoms with Gasteiger partial charge in [-0.05, 0) is 32.1 Å². The molecule has 13 heavy (non-hydrogen) atoms. The van der Waals surface area contributed by atoms with Gasteiger partial charge >= 0.3 is 0 Å². The molecule has 2 nitrogen and oxygen atoms in total. The summed E-state index contributed by atoms with van der Waals surface area (Å²) in [5.74, 6) is 0.503. The molecule has 0 heterocycles. The summed E-state index contributed by atoms with van der Waals surface area (Å²) in [6, 6.07) is 1.16. The molecule has 0 aromatic heterocycles. The Balaban J connectivity index is 2.35. The maximum atomic E-state index is 9.21. The Hall–Kier alpha value is -0.0800. The van der Waals surface area contributed by atoms with E-state index in [1.807, 2.05) is 0 Å². The zero-order valence-corrected chi connectivity index (χ0v) is 8.92. The number of hydrogen-bond acceptors (Lipinski definition) is 2. The average Bonchev–Trinajstić information content (AvgIpc) is 2.18. The minimum absolute atomic E-state index is 0.355. The van der Waals surface area contributed by atoms with Gasteiger partial charge in [0.1, 0.15) is 0 Å². The molecule has 1 fully saturated rings. The molecule has 0 amide bonds. The van der Waals surface area contributed by atoms with Gasteiger partial charge in [-0.3, -0.25) is 0 Å². The highest BCUT2D eigenvalue weighted by Gasteiger charge is 2.24. The normalized spacial score (nSPS) is 31.6. The highest BCUT2D eigenvalue weighted by Crippen LogP contribution is 2.24. The molecule has 1 aliphatic carbocycles. The molecular formula is C11H23NO. The standard InChI is InChI=1S/C11H23NO/c1-3-9(2)12-11-7-5-4-6-10(11)8-13/h9-13H,3-8H2,1-2H3. The second-order valence-corrected chi connectivity index (χ2v) is 4.31. The molecule has 1 aliphatic rings. The first-order chi connectivity index (χ1) is 6.27. The first kappa shape index (κ1) is 11.0. The van der Waals surface area contributed by atoms with Crippen molar-refractivity contribution in [1.82, 2.24) is 5.32 Å². The second kappa shape index (κ2) is 5.61. The predicted molar refractivity (Wildman–Crippen MR) is 55.7 cm³/mol. The van der Waals surface area contributed by atoms with E-state index in [1.165, 1.54) is 32.1 Å². The molecule has 1 rings (SSSR count). The van der Waals surface area contributed by atoms with Gasteiger partial charge in [0.15, 0.2) is 0 Å². The van der Waals surface area contributed by atoms with Crippen molar-refractivity contribution in [2.75, 3.05) is 6.61 Å². The van der Waals surface area contributed by atoms with Gasteiger partial charge < -0.3 is 10.4 Å². The Kier molecular flexibility index (Phi) is 4.74. The van der Waals surface area contributed by atoms with Gasteiger partial charge in [-0.1, -0.05) is 19.8 Å². The van der Waals surface area contributed by atoms with Crippen molar-refractivity contribution in [3.63, 3.8) is 0 Å². The molecule has 3 unspecified atom stereocenters. The Morgan fingerprint density at radius 2 is 2.08 bits per heavy atom. The van der Waals surface area contributed by atoms with Crippen molar-refractivity contribution in [1.29, 1.82) is 0 Å². The summed E-state index contributed by atoms with van der Waals surface area (Å²) in [5.41, 5.74) is 0. The van der Waals surface area contributed by atoms with Crippen LogP contribution in [-0.2, 0) is 0 Å². The molecule has 0 aromatic rings. The maximum absolute atomic E-state index is 9.21. The van der Waals surface area contributed by atoms with E-state index in [0.29, 0.717) is 24.6 Å². The molecule has 2 N–H and O–H groups in total. The first-order valence-corrected chi connectivity index (χ1v) is 5.64. The Morgan fingerprint density at radius 3 is 2.69 bits per heavy atom. The van der Waals surface area contributed by atoms with Crippen molar-refractivity contribution in [3.05, 3.63) is 0 Å². The van der Waals surface area contributed by atoms with Crippen LogP contribution in [0.2, 0.25) is 0 Å². The van der Waals surface area contributed by atoms with Gasteiger partial charge in [0.25, 0.3) is 0 Å². The fraction of sp³-hybridized carbons (Fsp3) is 1.00. The van der Waals surface area contributed by atoms with Crippen LogP contribution < -0.4 is 5.32 Å². The molecule has 0 bridgehead atoms. The van der Waals surface area contributed by atoms with Gasteiger partial charge in [-0.15, -0.1) is 0 Å². The fourth-order valence-corrected chi connectivity index (χ4v) is 2.13. The summed E-state index contributed by atoms with van der Waals surface area (Å²) in [6.07, 6.45) is 6.24. The van der Waals surface area contributed by atoms with Crippen molar-refractivity contribution < 1.29 is 5.11 Å². The zero-order valence-electron chi connectivity index (χ0n) is 8.92. The van der Waals surface area contributed by atoms with Crippen LogP contribution in [0, 0.1) is 5.92 Å². The number of hydrogen-bond donors (Lipinski definition) is 2. The number of aliphatic hydroxyl groups is 1. The van der Waals surface area contributed by atoms with E-state index in [-0.39, 0.29) is 0 Å². The Morgan fingerprint density at radius 1 is 1.38 bits per heavy atom. The molecule has 2 heteroatoms. The Labute approximate surface area is 81.7 Å². The lowest BCUT2D eigenvalue weighted by molar-refractivity contribution is 0.147. The van der Waals surface area contributed by atoms with Gasteiger partial charge in [0.2, 0.25) is 0 Å². The third-order valence-corrected chi connectivity index (χ3v) is 3.25. The van der Waals surface area contributed by atoms with Gasteiger partial charge in [0.05, 0.1) is 0 Å². The van der Waals surface area contributed by atoms with Crippen LogP contribution in [0.25, 0.3) is 0 Å². The number of nitrogens with one attached hydrogen (secondary N) is 1. The molecule has 3 atom stereocenters. The van der Waals surface area contributed by atoms with E-state index in [9.17, 15) is 5.11 Å². The summed E-state index contributed by atoms with van der Waals surface area (Å²) in [6.45, 7) is 4.78. The first-order valence-electron chi connectivity index (χ1n) is 5.64. The van der Waals surface area contributed by atoms with E-state index in [4.69, 9.17) is 0 Å². The van der Waals surface area contributed by atoms with E-state index in [0.717, 1.165) is 0 Å². The fourth-order valence-electron chi connectivity index (χ4n) is 2.13. The molecule has 0 saturated heterocycles. The average molecular weight is 185 g/mol. The van der Waals surface area contributed by atoms with Crippen LogP contribution in [0.15, 0.2) is 0 Å². The van der Waals surface area contributed by atoms with E-state index >= 15 is 0 Å². The molecule has 1 saturated carbocycles. The minimum Gasteiger partial charge on any atom is -0.396 e. The third-order valence-electron chi connectivity index (χ3n) is 3.25. The van der Waals surface area contributed by atoms with Gasteiger partial charge in [-0.2, -0.15) is 0 Å². The SMILES string of the molecule is CCC(C)NC1CCCCC1CO. The monoisotopic (exact) mass is 185 g/mol. The van der Waals surface area contributed by atoms with Crippen molar-refractivity contribution in [2.45, 2.75) is 58.0 Å². The molecule has 0 aromatic carbocycles. The van der Waals surface area contributed by atoms with Crippen LogP contribution in [-0.4, -0.2) is 23.8 Å². The summed E-state index contributed by atoms with van der Waals surface area (Å²) < 4.78 is 0. The quantitative estimate of drug-likeness (QED) is 0.701. The number of rotatable bonds is 4. The lowest BCUT2D eigenvalue weighted by Gasteiger charge is -2.33. The lowest BCUT2D eigenvalue weighted by Crippen LogP contribution is -2.44. The topological polar surface area (TPSA) is 32.3 Å². The number of aliphatic hydroxyl groups excluding tert-OH is 1. The maximum Gasteiger partial charge on any atom is 0.0474 e. The van der Waals surface area contributed by atoms with Crippen molar-refractivity contribution >= 4 is 0 Å². The molecule has 0 aliphatic heterocycles. The van der Waals surface area contributed by atoms with E-state index < -0.39 is 0 Å². The highest BCUT2D eigenvalue weighted by atomic mass is 16.3. The summed E-state index contributed by atoms with van der Waals surface area (Å²) in [5, 5.41) is 12.8. The smallest absolute Gasteiger partial charge is 0.0474 e. The highest BCUT2D eigenvalue weighted by molar-refractivity contribution is 4.82.